The van der Waals surface area contributed by atoms with E-state index in [2.05, 4.69) is 15.9 Å². The van der Waals surface area contributed by atoms with Crippen LogP contribution in [-0.2, 0) is 21.5 Å². The first-order valence-electron chi connectivity index (χ1n) is 8.97. The summed E-state index contributed by atoms with van der Waals surface area (Å²) in [6, 6.07) is 7.22. The number of thiazole rings is 1. The number of aromatic nitrogens is 1. The summed E-state index contributed by atoms with van der Waals surface area (Å²) in [5.41, 5.74) is 1.55. The van der Waals surface area contributed by atoms with E-state index in [0.717, 1.165) is 28.9 Å². The standard InChI is InChI=1S/C18H12BrClN2O5S4/c19-13-6-10-18(29-13)30-14(21(10)8-17(23)24)7-15-22(4-3-16(22)31(25,26)27)11-5-9(20)1-2-12(11)28-15/h1-2,5-7,16H,3-4,8H2/p+2. The SMILES string of the molecule is O=C(O)C[n+]1c(C=C2Sc3ccc(Cl)cc3[N+]23CCC3S(=O)(=O)O)sc2sc(Br)cc21. The van der Waals surface area contributed by atoms with Crippen molar-refractivity contribution in [3.63, 3.8) is 0 Å². The molecule has 2 aliphatic rings. The van der Waals surface area contributed by atoms with Gasteiger partial charge in [-0.25, -0.2) is 9.28 Å². The number of hydrogen-bond donors (Lipinski definition) is 2. The van der Waals surface area contributed by atoms with Crippen molar-refractivity contribution in [1.82, 2.24) is 4.48 Å². The molecule has 0 saturated carbocycles. The second kappa shape index (κ2) is 7.52. The molecule has 1 spiro atoms. The van der Waals surface area contributed by atoms with Crippen molar-refractivity contribution in [2.24, 2.45) is 0 Å². The third-order valence-electron chi connectivity index (χ3n) is 5.47. The highest BCUT2D eigenvalue weighted by Crippen LogP contribution is 2.58. The molecule has 0 radical (unpaired) electrons. The number of carbonyl (C=O) groups is 1. The Morgan fingerprint density at radius 3 is 2.77 bits per heavy atom. The van der Waals surface area contributed by atoms with Crippen molar-refractivity contribution in [3.8, 4) is 0 Å². The van der Waals surface area contributed by atoms with E-state index in [0.29, 0.717) is 23.0 Å². The van der Waals surface area contributed by atoms with E-state index in [1.165, 1.54) is 34.4 Å². The summed E-state index contributed by atoms with van der Waals surface area (Å²) >= 11 is 14.1. The Kier molecular flexibility index (Phi) is 5.30. The fourth-order valence-corrected chi connectivity index (χ4v) is 10.2. The summed E-state index contributed by atoms with van der Waals surface area (Å²) in [6.45, 7) is 0.286. The first-order chi connectivity index (χ1) is 14.6. The fraction of sp³-hybridized carbons (Fsp3) is 0.222. The normalized spacial score (nSPS) is 24.1. The topological polar surface area (TPSA) is 95.5 Å². The summed E-state index contributed by atoms with van der Waals surface area (Å²) < 4.78 is 37.9. The number of hydrogen-bond acceptors (Lipinski definition) is 6. The number of carboxylic acid groups (broad SMARTS) is 1. The van der Waals surface area contributed by atoms with Gasteiger partial charge >= 0.3 is 16.1 Å². The average Bonchev–Trinajstić information content (AvgIpc) is 3.23. The molecule has 2 atom stereocenters. The number of rotatable bonds is 4. The number of quaternary nitrogens is 1. The van der Waals surface area contributed by atoms with E-state index in [1.807, 2.05) is 18.2 Å². The minimum Gasteiger partial charge on any atom is -0.477 e. The van der Waals surface area contributed by atoms with Crippen molar-refractivity contribution in [3.05, 3.63) is 43.1 Å². The van der Waals surface area contributed by atoms with Crippen LogP contribution in [0.25, 0.3) is 15.6 Å². The highest BCUT2D eigenvalue weighted by atomic mass is 79.9. The van der Waals surface area contributed by atoms with Crippen molar-refractivity contribution >= 4 is 99.3 Å². The van der Waals surface area contributed by atoms with Crippen LogP contribution in [0, 0.1) is 0 Å². The van der Waals surface area contributed by atoms with E-state index >= 15 is 0 Å². The lowest BCUT2D eigenvalue weighted by Crippen LogP contribution is -2.66. The smallest absolute Gasteiger partial charge is 0.370 e. The van der Waals surface area contributed by atoms with Gasteiger partial charge in [0.2, 0.25) is 17.4 Å². The molecule has 13 heteroatoms. The monoisotopic (exact) mass is 580 g/mol. The second-order valence-corrected chi connectivity index (χ2v) is 14.0. The second-order valence-electron chi connectivity index (χ2n) is 7.19. The zero-order chi connectivity index (χ0) is 22.1. The highest BCUT2D eigenvalue weighted by Gasteiger charge is 2.62. The summed E-state index contributed by atoms with van der Waals surface area (Å²) in [4.78, 5) is 12.4. The van der Waals surface area contributed by atoms with Crippen LogP contribution in [0.15, 0.2) is 38.0 Å². The van der Waals surface area contributed by atoms with Gasteiger partial charge in [-0.1, -0.05) is 22.9 Å². The van der Waals surface area contributed by atoms with Crippen LogP contribution >= 0.6 is 62.0 Å². The molecule has 4 heterocycles. The third kappa shape index (κ3) is 3.48. The quantitative estimate of drug-likeness (QED) is 0.262. The van der Waals surface area contributed by atoms with Gasteiger partial charge in [-0.15, -0.1) is 11.3 Å². The molecule has 7 nitrogen and oxygen atoms in total. The molecule has 1 aromatic carbocycles. The van der Waals surface area contributed by atoms with Gasteiger partial charge in [-0.3, -0.25) is 4.55 Å². The maximum atomic E-state index is 12.2. The fourth-order valence-electron chi connectivity index (χ4n) is 4.12. The molecule has 31 heavy (non-hydrogen) atoms. The Balaban J connectivity index is 1.71. The first-order valence-corrected chi connectivity index (χ1v) is 14.1. The van der Waals surface area contributed by atoms with E-state index in [9.17, 15) is 22.9 Å². The predicted molar refractivity (Wildman–Crippen MR) is 127 cm³/mol. The molecule has 3 aromatic rings. The molecule has 1 fully saturated rings. The summed E-state index contributed by atoms with van der Waals surface area (Å²) in [5, 5.41) is 10.3. The van der Waals surface area contributed by atoms with Crippen molar-refractivity contribution in [2.75, 3.05) is 6.54 Å². The van der Waals surface area contributed by atoms with Crippen LogP contribution in [-0.4, -0.2) is 36.0 Å². The molecule has 1 saturated heterocycles. The molecule has 2 aromatic heterocycles. The molecule has 2 unspecified atom stereocenters. The van der Waals surface area contributed by atoms with Crippen molar-refractivity contribution in [2.45, 2.75) is 23.2 Å². The van der Waals surface area contributed by atoms with Crippen LogP contribution in [0.4, 0.5) is 5.69 Å². The third-order valence-corrected chi connectivity index (χ3v) is 11.1. The highest BCUT2D eigenvalue weighted by molar-refractivity contribution is 9.11. The van der Waals surface area contributed by atoms with Gasteiger partial charge in [0.1, 0.15) is 0 Å². The molecular formula is C18H14BrClN2O5S4+2. The Morgan fingerprint density at radius 1 is 1.35 bits per heavy atom. The molecule has 0 aliphatic carbocycles. The van der Waals surface area contributed by atoms with Gasteiger partial charge < -0.3 is 5.11 Å². The molecule has 5 rings (SSSR count). The van der Waals surface area contributed by atoms with Crippen molar-refractivity contribution in [1.29, 1.82) is 0 Å². The summed E-state index contributed by atoms with van der Waals surface area (Å²) in [5.74, 6) is -0.968. The lowest BCUT2D eigenvalue weighted by Gasteiger charge is -2.47. The average molecular weight is 582 g/mol. The van der Waals surface area contributed by atoms with E-state index in [-0.39, 0.29) is 11.0 Å². The Morgan fingerprint density at radius 2 is 2.13 bits per heavy atom. The lowest BCUT2D eigenvalue weighted by molar-refractivity contribution is -0.657. The number of thioether (sulfide) groups is 1. The zero-order valence-electron chi connectivity index (χ0n) is 15.5. The Hall–Kier alpha value is -0.990. The van der Waals surface area contributed by atoms with Gasteiger partial charge in [0.15, 0.2) is 14.7 Å². The number of aliphatic carboxylic acids is 1. The number of thiophene rings is 1. The Bertz CT molecular complexity index is 1400. The molecule has 0 bridgehead atoms. The minimum absolute atomic E-state index is 0.0261. The number of fused-ring (bicyclic) bond motifs is 3. The van der Waals surface area contributed by atoms with Gasteiger partial charge in [0.05, 0.1) is 27.7 Å². The number of benzene rings is 1. The van der Waals surface area contributed by atoms with E-state index in [1.54, 1.807) is 16.7 Å². The van der Waals surface area contributed by atoms with Crippen LogP contribution < -0.4 is 9.05 Å². The first kappa shape index (κ1) is 21.8. The van der Waals surface area contributed by atoms with E-state index in [4.69, 9.17) is 11.6 Å². The largest absolute Gasteiger partial charge is 0.477 e. The van der Waals surface area contributed by atoms with Crippen LogP contribution in [0.5, 0.6) is 0 Å². The van der Waals surface area contributed by atoms with Crippen LogP contribution in [0.3, 0.4) is 0 Å². The van der Waals surface area contributed by atoms with Gasteiger partial charge in [-0.2, -0.15) is 13.0 Å². The molecule has 2 N–H and O–H groups in total. The lowest BCUT2D eigenvalue weighted by atomic mass is 10.1. The van der Waals surface area contributed by atoms with Gasteiger partial charge in [0, 0.05) is 17.2 Å². The van der Waals surface area contributed by atoms with Crippen LogP contribution in [0.2, 0.25) is 5.02 Å². The molecular weight excluding hydrogens is 568 g/mol. The van der Waals surface area contributed by atoms with E-state index < -0.39 is 21.5 Å². The maximum Gasteiger partial charge on any atom is 0.370 e. The van der Waals surface area contributed by atoms with Crippen LogP contribution in [0.1, 0.15) is 11.4 Å². The van der Waals surface area contributed by atoms with Gasteiger partial charge in [0.25, 0.3) is 5.01 Å². The maximum absolute atomic E-state index is 12.2. The summed E-state index contributed by atoms with van der Waals surface area (Å²) in [6.07, 6.45) is 2.18. The summed E-state index contributed by atoms with van der Waals surface area (Å²) in [7, 11) is -4.31. The molecule has 2 aliphatic heterocycles. The minimum atomic E-state index is -4.31. The van der Waals surface area contributed by atoms with Gasteiger partial charge in [-0.05, 0) is 39.8 Å². The molecule has 0 amide bonds. The Labute approximate surface area is 203 Å². The number of halogens is 2. The molecule has 162 valence electrons. The number of carboxylic acids is 1. The predicted octanol–water partition coefficient (Wildman–Crippen LogP) is 4.78. The number of nitrogens with zero attached hydrogens (tertiary/aromatic N) is 2. The zero-order valence-corrected chi connectivity index (χ0v) is 21.1. The van der Waals surface area contributed by atoms with Crippen molar-refractivity contribution < 1.29 is 27.4 Å².